The summed E-state index contributed by atoms with van der Waals surface area (Å²) in [6.07, 6.45) is 6.12. The summed E-state index contributed by atoms with van der Waals surface area (Å²) in [5, 5.41) is 9.87. The Balaban J connectivity index is 1.55. The lowest BCUT2D eigenvalue weighted by atomic mass is 9.30. The first-order valence-electron chi connectivity index (χ1n) is 14.2. The molecule has 5 heteroatoms. The van der Waals surface area contributed by atoms with Gasteiger partial charge in [-0.25, -0.2) is 4.39 Å². The Morgan fingerprint density at radius 2 is 1.69 bits per heavy atom. The van der Waals surface area contributed by atoms with Gasteiger partial charge in [0.15, 0.2) is 11.4 Å². The third kappa shape index (κ3) is 2.30. The van der Waals surface area contributed by atoms with E-state index in [0.29, 0.717) is 12.3 Å². The van der Waals surface area contributed by atoms with Gasteiger partial charge >= 0.3 is 5.97 Å². The van der Waals surface area contributed by atoms with E-state index < -0.39 is 33.4 Å². The van der Waals surface area contributed by atoms with E-state index in [0.717, 1.165) is 38.5 Å². The smallest absolute Gasteiger partial charge is 0.313 e. The molecular formula is C31H42FNO3. The van der Waals surface area contributed by atoms with Gasteiger partial charge in [0.05, 0.1) is 11.0 Å². The Bertz CT molecular complexity index is 1140. The molecule has 0 aromatic heterocycles. The lowest BCUT2D eigenvalue weighted by Crippen LogP contribution is -2.75. The monoisotopic (exact) mass is 495 g/mol. The van der Waals surface area contributed by atoms with Crippen LogP contribution in [-0.2, 0) is 14.3 Å². The predicted molar refractivity (Wildman–Crippen MR) is 134 cm³/mol. The number of allylic oxidation sites excluding steroid dienone is 2. The maximum absolute atomic E-state index is 17.2. The second-order valence-corrected chi connectivity index (χ2v) is 14.9. The number of hydrogen-bond donors (Lipinski definition) is 0. The second kappa shape index (κ2) is 6.83. The normalized spacial score (nSPS) is 56.8. The van der Waals surface area contributed by atoms with Crippen molar-refractivity contribution in [2.75, 3.05) is 0 Å². The number of nitrogens with zero attached hydrogens (tertiary/aromatic N) is 1. The fourth-order valence-electron chi connectivity index (χ4n) is 11.6. The number of alkyl halides is 1. The fourth-order valence-corrected chi connectivity index (χ4v) is 11.6. The van der Waals surface area contributed by atoms with E-state index in [-0.39, 0.29) is 46.4 Å². The zero-order valence-corrected chi connectivity index (χ0v) is 23.0. The molecule has 0 aromatic carbocycles. The number of rotatable bonds is 0. The molecule has 5 fully saturated rings. The molecule has 4 nitrogen and oxygen atoms in total. The van der Waals surface area contributed by atoms with Crippen LogP contribution < -0.4 is 0 Å². The summed E-state index contributed by atoms with van der Waals surface area (Å²) in [5.41, 5.74) is -3.30. The molecule has 0 amide bonds. The summed E-state index contributed by atoms with van der Waals surface area (Å²) in [6.45, 7) is 15.2. The van der Waals surface area contributed by atoms with Crippen LogP contribution in [0, 0.1) is 68.0 Å². The molecule has 1 aliphatic heterocycles. The molecule has 6 rings (SSSR count). The minimum Gasteiger partial charge on any atom is -0.455 e. The van der Waals surface area contributed by atoms with Crippen molar-refractivity contribution < 1.29 is 18.7 Å². The van der Waals surface area contributed by atoms with Crippen LogP contribution in [0.3, 0.4) is 0 Å². The van der Waals surface area contributed by atoms with Gasteiger partial charge in [-0.2, -0.15) is 5.26 Å². The number of nitriles is 1. The zero-order valence-electron chi connectivity index (χ0n) is 23.0. The Hall–Kier alpha value is -1.70. The van der Waals surface area contributed by atoms with E-state index in [1.165, 1.54) is 0 Å². The van der Waals surface area contributed by atoms with Crippen molar-refractivity contribution in [3.8, 4) is 6.07 Å². The van der Waals surface area contributed by atoms with Crippen molar-refractivity contribution in [1.29, 1.82) is 5.26 Å². The van der Waals surface area contributed by atoms with Crippen molar-refractivity contribution in [1.82, 2.24) is 0 Å². The van der Waals surface area contributed by atoms with E-state index in [1.807, 2.05) is 19.9 Å². The van der Waals surface area contributed by atoms with Crippen molar-refractivity contribution in [2.45, 2.75) is 105 Å². The molecule has 0 N–H and O–H groups in total. The number of hydrogen-bond acceptors (Lipinski definition) is 4. The lowest BCUT2D eigenvalue weighted by molar-refractivity contribution is -0.297. The minimum absolute atomic E-state index is 0.0341. The summed E-state index contributed by atoms with van der Waals surface area (Å²) in [5.74, 6) is 0.376. The highest BCUT2D eigenvalue weighted by atomic mass is 19.1. The predicted octanol–water partition coefficient (Wildman–Crippen LogP) is 6.59. The number of esters is 1. The van der Waals surface area contributed by atoms with Crippen molar-refractivity contribution >= 4 is 11.8 Å². The molecule has 4 saturated carbocycles. The third-order valence-corrected chi connectivity index (χ3v) is 13.8. The molecule has 1 saturated heterocycles. The van der Waals surface area contributed by atoms with Crippen LogP contribution in [0.15, 0.2) is 11.6 Å². The van der Waals surface area contributed by atoms with Crippen molar-refractivity contribution in [3.05, 3.63) is 11.6 Å². The molecule has 6 aliphatic rings. The standard InChI is InChI=1S/C31H42FNO3/c1-17-8-11-30-13-12-29(7)28(6)10-9-20-26(3,4)24(34)19(16-33)15-27(20,5)21(28)14-22(32)31(29,36-25(30)35)23(30)18(17)2/h15,17-18,20-23H,8-14H2,1-7H3/t17-,18+,20+,21-,22-,23-,27+,28-,29+,30+,31+/m1/s1. The SMILES string of the molecule is C[C@H]1[C@H](C)CC[C@@]23CC[C@]4(C)[C@](OC2=O)([C@H](F)C[C@@H]2[C@@]5(C)C=C(C#N)C(=O)C(C)(C)[C@@H]5CC[C@]24C)[C@H]13. The van der Waals surface area contributed by atoms with Crippen molar-refractivity contribution in [2.24, 2.45) is 56.7 Å². The topological polar surface area (TPSA) is 67.2 Å². The van der Waals surface area contributed by atoms with Crippen molar-refractivity contribution in [3.63, 3.8) is 0 Å². The quantitative estimate of drug-likeness (QED) is 0.356. The fraction of sp³-hybridized carbons (Fsp3) is 0.839. The highest BCUT2D eigenvalue weighted by molar-refractivity contribution is 6.04. The number of ether oxygens (including phenoxy) is 1. The molecule has 36 heavy (non-hydrogen) atoms. The number of carbonyl (C=O) groups excluding carboxylic acids is 2. The largest absolute Gasteiger partial charge is 0.455 e. The molecular weight excluding hydrogens is 453 g/mol. The lowest BCUT2D eigenvalue weighted by Gasteiger charge is -2.73. The molecule has 5 aliphatic carbocycles. The minimum atomic E-state index is -1.25. The average Bonchev–Trinajstić information content (AvgIpc) is 3.03. The zero-order chi connectivity index (χ0) is 26.3. The van der Waals surface area contributed by atoms with E-state index in [9.17, 15) is 14.9 Å². The average molecular weight is 496 g/mol. The Kier molecular flexibility index (Phi) is 4.67. The number of halogens is 1. The van der Waals surface area contributed by atoms with E-state index >= 15 is 4.39 Å². The van der Waals surface area contributed by atoms with E-state index in [1.54, 1.807) is 0 Å². The number of Topliss-reactive ketones (excluding diaryl/α,β-unsaturated/α-hetero) is 1. The molecule has 1 heterocycles. The van der Waals surface area contributed by atoms with Crippen LogP contribution in [-0.4, -0.2) is 23.5 Å². The molecule has 2 bridgehead atoms. The maximum Gasteiger partial charge on any atom is 0.313 e. The van der Waals surface area contributed by atoms with Gasteiger partial charge in [0.1, 0.15) is 12.2 Å². The summed E-state index contributed by atoms with van der Waals surface area (Å²) in [4.78, 5) is 26.9. The Morgan fingerprint density at radius 1 is 1.00 bits per heavy atom. The highest BCUT2D eigenvalue weighted by Gasteiger charge is 2.84. The van der Waals surface area contributed by atoms with Gasteiger partial charge in [0.25, 0.3) is 0 Å². The Labute approximate surface area is 215 Å². The molecule has 11 atom stereocenters. The van der Waals surface area contributed by atoms with Gasteiger partial charge in [-0.1, -0.05) is 54.5 Å². The van der Waals surface area contributed by atoms with Crippen LogP contribution in [0.5, 0.6) is 0 Å². The second-order valence-electron chi connectivity index (χ2n) is 14.9. The van der Waals surface area contributed by atoms with E-state index in [4.69, 9.17) is 4.74 Å². The molecule has 0 unspecified atom stereocenters. The van der Waals surface area contributed by atoms with Crippen LogP contribution in [0.2, 0.25) is 0 Å². The van der Waals surface area contributed by atoms with Gasteiger partial charge in [0.2, 0.25) is 0 Å². The van der Waals surface area contributed by atoms with Gasteiger partial charge in [-0.3, -0.25) is 9.59 Å². The summed E-state index contributed by atoms with van der Waals surface area (Å²) >= 11 is 0. The summed E-state index contributed by atoms with van der Waals surface area (Å²) < 4.78 is 23.7. The first-order chi connectivity index (χ1) is 16.7. The highest BCUT2D eigenvalue weighted by Crippen LogP contribution is 2.80. The number of ketones is 1. The van der Waals surface area contributed by atoms with Gasteiger partial charge in [0, 0.05) is 16.7 Å². The van der Waals surface area contributed by atoms with Gasteiger partial charge in [-0.05, 0) is 79.4 Å². The van der Waals surface area contributed by atoms with E-state index in [2.05, 4.69) is 40.7 Å². The molecule has 0 radical (unpaired) electrons. The first-order valence-corrected chi connectivity index (χ1v) is 14.2. The molecule has 0 aromatic rings. The summed E-state index contributed by atoms with van der Waals surface area (Å²) in [6, 6.07) is 2.18. The molecule has 196 valence electrons. The first kappa shape index (κ1) is 24.6. The van der Waals surface area contributed by atoms with Gasteiger partial charge < -0.3 is 4.74 Å². The van der Waals surface area contributed by atoms with Crippen LogP contribution >= 0.6 is 0 Å². The van der Waals surface area contributed by atoms with Crippen LogP contribution in [0.25, 0.3) is 0 Å². The number of carbonyl (C=O) groups is 2. The van der Waals surface area contributed by atoms with Crippen LogP contribution in [0.1, 0.15) is 93.4 Å². The maximum atomic E-state index is 17.2. The van der Waals surface area contributed by atoms with Gasteiger partial charge in [-0.15, -0.1) is 0 Å². The summed E-state index contributed by atoms with van der Waals surface area (Å²) in [7, 11) is 0. The third-order valence-electron chi connectivity index (χ3n) is 13.8. The number of fused-ring (bicyclic) bond motifs is 4. The Morgan fingerprint density at radius 3 is 2.36 bits per heavy atom. The molecule has 1 spiro atoms. The van der Waals surface area contributed by atoms with Crippen LogP contribution in [0.4, 0.5) is 4.39 Å².